The molecule has 0 atom stereocenters. The van der Waals surface area contributed by atoms with Gasteiger partial charge in [-0.3, -0.25) is 4.79 Å². The van der Waals surface area contributed by atoms with Gasteiger partial charge in [0.15, 0.2) is 0 Å². The molecule has 0 aliphatic rings. The van der Waals surface area contributed by atoms with Gasteiger partial charge in [0, 0.05) is 12.1 Å². The maximum absolute atomic E-state index is 13.0. The lowest BCUT2D eigenvalue weighted by atomic mass is 10.1. The summed E-state index contributed by atoms with van der Waals surface area (Å²) in [5, 5.41) is 2.76. The summed E-state index contributed by atoms with van der Waals surface area (Å²) in [6.07, 6.45) is 1.76. The van der Waals surface area contributed by atoms with Crippen molar-refractivity contribution in [2.75, 3.05) is 13.1 Å². The first-order chi connectivity index (χ1) is 7.65. The first-order valence-corrected chi connectivity index (χ1v) is 5.39. The van der Waals surface area contributed by atoms with Gasteiger partial charge in [-0.2, -0.15) is 0 Å². The molecule has 0 saturated heterocycles. The Morgan fingerprint density at radius 1 is 1.41 bits per heavy atom. The van der Waals surface area contributed by atoms with Crippen LogP contribution in [0.5, 0.6) is 0 Å². The van der Waals surface area contributed by atoms with E-state index in [1.54, 1.807) is 13.0 Å². The van der Waals surface area contributed by atoms with Crippen LogP contribution in [-0.4, -0.2) is 19.0 Å². The van der Waals surface area contributed by atoms with E-state index in [0.29, 0.717) is 24.2 Å². The van der Waals surface area contributed by atoms with Gasteiger partial charge < -0.3 is 11.1 Å². The highest BCUT2D eigenvalue weighted by Crippen LogP contribution is 2.08. The Kier molecular flexibility index (Phi) is 7.50. The molecular weight excluding hydrogens is 243 g/mol. The Morgan fingerprint density at radius 2 is 2.12 bits per heavy atom. The lowest BCUT2D eigenvalue weighted by Gasteiger charge is -2.05. The summed E-state index contributed by atoms with van der Waals surface area (Å²) in [5.74, 6) is -0.459. The average Bonchev–Trinajstić information content (AvgIpc) is 2.28. The van der Waals surface area contributed by atoms with Crippen LogP contribution in [0.3, 0.4) is 0 Å². The zero-order valence-corrected chi connectivity index (χ0v) is 10.6. The van der Waals surface area contributed by atoms with Gasteiger partial charge in [-0.15, -0.1) is 12.4 Å². The molecule has 0 spiro atoms. The molecular formula is C12H18ClFN2O. The highest BCUT2D eigenvalue weighted by Gasteiger charge is 2.06. The molecule has 0 aliphatic heterocycles. The van der Waals surface area contributed by atoms with Gasteiger partial charge in [0.05, 0.1) is 0 Å². The number of amides is 1. The lowest BCUT2D eigenvalue weighted by Crippen LogP contribution is -2.25. The Hall–Kier alpha value is -1.13. The van der Waals surface area contributed by atoms with Crippen LogP contribution in [0.1, 0.15) is 28.8 Å². The molecule has 0 heterocycles. The highest BCUT2D eigenvalue weighted by atomic mass is 35.5. The molecule has 3 nitrogen and oxygen atoms in total. The van der Waals surface area contributed by atoms with E-state index in [1.807, 2.05) is 0 Å². The van der Waals surface area contributed by atoms with E-state index in [2.05, 4.69) is 5.32 Å². The largest absolute Gasteiger partial charge is 0.352 e. The van der Waals surface area contributed by atoms with Gasteiger partial charge in [-0.25, -0.2) is 4.39 Å². The fourth-order valence-corrected chi connectivity index (χ4v) is 1.36. The Labute approximate surface area is 107 Å². The maximum Gasteiger partial charge on any atom is 0.251 e. The fourth-order valence-electron chi connectivity index (χ4n) is 1.36. The minimum atomic E-state index is -0.292. The van der Waals surface area contributed by atoms with Gasteiger partial charge in [-0.05, 0) is 50.1 Å². The first kappa shape index (κ1) is 15.9. The van der Waals surface area contributed by atoms with Crippen molar-refractivity contribution in [3.8, 4) is 0 Å². The predicted octanol–water partition coefficient (Wildman–Crippen LogP) is 2.02. The Morgan fingerprint density at radius 3 is 2.71 bits per heavy atom. The summed E-state index contributed by atoms with van der Waals surface area (Å²) in [6.45, 7) is 2.87. The molecule has 0 saturated carbocycles. The van der Waals surface area contributed by atoms with Crippen molar-refractivity contribution in [3.05, 3.63) is 35.1 Å². The molecule has 0 fully saturated rings. The standard InChI is InChI=1S/C12H17FN2O.ClH/c1-9-8-10(4-5-11(9)13)12(16)15-7-3-2-6-14;/h4-5,8H,2-3,6-7,14H2,1H3,(H,15,16);1H. The minimum absolute atomic E-state index is 0. The van der Waals surface area contributed by atoms with Gasteiger partial charge in [-0.1, -0.05) is 0 Å². The summed E-state index contributed by atoms with van der Waals surface area (Å²) in [6, 6.07) is 4.35. The number of rotatable bonds is 5. The van der Waals surface area contributed by atoms with Crippen molar-refractivity contribution in [2.45, 2.75) is 19.8 Å². The number of hydrogen-bond acceptors (Lipinski definition) is 2. The summed E-state index contributed by atoms with van der Waals surface area (Å²) in [7, 11) is 0. The maximum atomic E-state index is 13.0. The van der Waals surface area contributed by atoms with Crippen LogP contribution >= 0.6 is 12.4 Å². The minimum Gasteiger partial charge on any atom is -0.352 e. The van der Waals surface area contributed by atoms with Crippen molar-refractivity contribution in [1.82, 2.24) is 5.32 Å². The molecule has 0 radical (unpaired) electrons. The second-order valence-electron chi connectivity index (χ2n) is 3.72. The molecule has 0 unspecified atom stereocenters. The second kappa shape index (κ2) is 8.03. The number of unbranched alkanes of at least 4 members (excludes halogenated alkanes) is 1. The van der Waals surface area contributed by atoms with Gasteiger partial charge in [0.25, 0.3) is 5.91 Å². The number of aryl methyl sites for hydroxylation is 1. The Bertz CT molecular complexity index is 372. The summed E-state index contributed by atoms with van der Waals surface area (Å²) < 4.78 is 13.0. The number of nitrogens with two attached hydrogens (primary N) is 1. The first-order valence-electron chi connectivity index (χ1n) is 5.39. The van der Waals surface area contributed by atoms with Crippen LogP contribution in [0, 0.1) is 12.7 Å². The summed E-state index contributed by atoms with van der Waals surface area (Å²) >= 11 is 0. The SMILES string of the molecule is Cc1cc(C(=O)NCCCCN)ccc1F.Cl. The van der Waals surface area contributed by atoms with E-state index in [0.717, 1.165) is 12.8 Å². The molecule has 1 aromatic rings. The lowest BCUT2D eigenvalue weighted by molar-refractivity contribution is 0.0953. The van der Waals surface area contributed by atoms with E-state index in [1.165, 1.54) is 12.1 Å². The predicted molar refractivity (Wildman–Crippen MR) is 69.0 cm³/mol. The zero-order chi connectivity index (χ0) is 12.0. The zero-order valence-electron chi connectivity index (χ0n) is 9.83. The third-order valence-corrected chi connectivity index (χ3v) is 2.34. The molecule has 96 valence electrons. The van der Waals surface area contributed by atoms with E-state index in [9.17, 15) is 9.18 Å². The quantitative estimate of drug-likeness (QED) is 0.796. The molecule has 1 amide bonds. The molecule has 17 heavy (non-hydrogen) atoms. The van der Waals surface area contributed by atoms with E-state index in [4.69, 9.17) is 5.73 Å². The number of carbonyl (C=O) groups is 1. The van der Waals surface area contributed by atoms with Crippen molar-refractivity contribution < 1.29 is 9.18 Å². The summed E-state index contributed by atoms with van der Waals surface area (Å²) in [4.78, 5) is 11.6. The number of benzene rings is 1. The van der Waals surface area contributed by atoms with Crippen LogP contribution < -0.4 is 11.1 Å². The third kappa shape index (κ3) is 5.15. The van der Waals surface area contributed by atoms with E-state index < -0.39 is 0 Å². The van der Waals surface area contributed by atoms with E-state index in [-0.39, 0.29) is 24.1 Å². The van der Waals surface area contributed by atoms with Crippen molar-refractivity contribution in [3.63, 3.8) is 0 Å². The van der Waals surface area contributed by atoms with Crippen LogP contribution in [0.2, 0.25) is 0 Å². The second-order valence-corrected chi connectivity index (χ2v) is 3.72. The van der Waals surface area contributed by atoms with E-state index >= 15 is 0 Å². The molecule has 5 heteroatoms. The number of carbonyl (C=O) groups excluding carboxylic acids is 1. The van der Waals surface area contributed by atoms with Crippen molar-refractivity contribution >= 4 is 18.3 Å². The van der Waals surface area contributed by atoms with Crippen LogP contribution in [0.4, 0.5) is 4.39 Å². The van der Waals surface area contributed by atoms with Crippen LogP contribution in [0.15, 0.2) is 18.2 Å². The normalized spacial score (nSPS) is 9.59. The van der Waals surface area contributed by atoms with Gasteiger partial charge in [0.2, 0.25) is 0 Å². The van der Waals surface area contributed by atoms with Gasteiger partial charge in [0.1, 0.15) is 5.82 Å². The van der Waals surface area contributed by atoms with Gasteiger partial charge >= 0.3 is 0 Å². The van der Waals surface area contributed by atoms with Crippen molar-refractivity contribution in [2.24, 2.45) is 5.73 Å². The monoisotopic (exact) mass is 260 g/mol. The number of halogens is 2. The van der Waals surface area contributed by atoms with Crippen LogP contribution in [0.25, 0.3) is 0 Å². The molecule has 0 aromatic heterocycles. The smallest absolute Gasteiger partial charge is 0.251 e. The fraction of sp³-hybridized carbons (Fsp3) is 0.417. The Balaban J connectivity index is 0.00000256. The number of hydrogen-bond donors (Lipinski definition) is 2. The highest BCUT2D eigenvalue weighted by molar-refractivity contribution is 5.94. The molecule has 0 bridgehead atoms. The molecule has 1 aromatic carbocycles. The summed E-state index contributed by atoms with van der Waals surface area (Å²) in [5.41, 5.74) is 6.31. The average molecular weight is 261 g/mol. The molecule has 3 N–H and O–H groups in total. The molecule has 1 rings (SSSR count). The topological polar surface area (TPSA) is 55.1 Å². The van der Waals surface area contributed by atoms with Crippen LogP contribution in [-0.2, 0) is 0 Å². The number of nitrogens with one attached hydrogen (secondary N) is 1. The molecule has 0 aliphatic carbocycles. The van der Waals surface area contributed by atoms with Crippen molar-refractivity contribution in [1.29, 1.82) is 0 Å². The third-order valence-electron chi connectivity index (χ3n) is 2.34.